The Labute approximate surface area is 103 Å². The highest BCUT2D eigenvalue weighted by Gasteiger charge is 2.27. The van der Waals surface area contributed by atoms with Gasteiger partial charge in [-0.25, -0.2) is 4.39 Å². The largest absolute Gasteiger partial charge is 0.494 e. The maximum Gasteiger partial charge on any atom is 0.229 e. The molecule has 2 N–H and O–H groups in total. The first-order chi connectivity index (χ1) is 8.60. The highest BCUT2D eigenvalue weighted by Crippen LogP contribution is 2.22. The summed E-state index contributed by atoms with van der Waals surface area (Å²) >= 11 is 0. The Morgan fingerprint density at radius 3 is 2.94 bits per heavy atom. The van der Waals surface area contributed by atoms with E-state index in [1.54, 1.807) is 0 Å². The van der Waals surface area contributed by atoms with E-state index in [2.05, 4.69) is 10.6 Å². The average molecular weight is 252 g/mol. The lowest BCUT2D eigenvalue weighted by molar-refractivity contribution is -0.123. The Morgan fingerprint density at radius 1 is 1.56 bits per heavy atom. The van der Waals surface area contributed by atoms with E-state index in [-0.39, 0.29) is 29.9 Å². The van der Waals surface area contributed by atoms with E-state index in [0.717, 1.165) is 0 Å². The van der Waals surface area contributed by atoms with Gasteiger partial charge in [0.2, 0.25) is 11.8 Å². The first-order valence-corrected chi connectivity index (χ1v) is 5.51. The molecular weight excluding hydrogens is 239 g/mol. The molecular formula is C12H13FN2O3. The minimum atomic E-state index is -0.492. The van der Waals surface area contributed by atoms with Crippen molar-refractivity contribution in [3.8, 4) is 5.75 Å². The zero-order valence-corrected chi connectivity index (χ0v) is 9.83. The fourth-order valence-electron chi connectivity index (χ4n) is 1.77. The molecule has 1 heterocycles. The molecule has 0 spiro atoms. The van der Waals surface area contributed by atoms with Crippen molar-refractivity contribution in [1.29, 1.82) is 0 Å². The number of anilines is 1. The van der Waals surface area contributed by atoms with Crippen LogP contribution in [0, 0.1) is 11.7 Å². The summed E-state index contributed by atoms with van der Waals surface area (Å²) in [6, 6.07) is 4.06. The Bertz CT molecular complexity index is 490. The number of carbonyl (C=O) groups is 2. The quantitative estimate of drug-likeness (QED) is 0.840. The molecule has 2 rings (SSSR count). The SMILES string of the molecule is COc1cc(NC(=O)C2CNC(=O)C2)ccc1F. The maximum absolute atomic E-state index is 13.2. The van der Waals surface area contributed by atoms with Crippen LogP contribution in [0.2, 0.25) is 0 Å². The number of benzene rings is 1. The van der Waals surface area contributed by atoms with Crippen LogP contribution in [-0.2, 0) is 9.59 Å². The van der Waals surface area contributed by atoms with E-state index in [4.69, 9.17) is 4.74 Å². The van der Waals surface area contributed by atoms with Crippen LogP contribution in [0.4, 0.5) is 10.1 Å². The van der Waals surface area contributed by atoms with E-state index in [0.29, 0.717) is 12.2 Å². The first kappa shape index (κ1) is 12.3. The molecule has 1 saturated heterocycles. The summed E-state index contributed by atoms with van der Waals surface area (Å²) in [6.45, 7) is 0.336. The van der Waals surface area contributed by atoms with Crippen LogP contribution in [0.25, 0.3) is 0 Å². The van der Waals surface area contributed by atoms with E-state index < -0.39 is 5.82 Å². The monoisotopic (exact) mass is 252 g/mol. The van der Waals surface area contributed by atoms with Crippen molar-refractivity contribution < 1.29 is 18.7 Å². The summed E-state index contributed by atoms with van der Waals surface area (Å²) in [6.07, 6.45) is 0.185. The van der Waals surface area contributed by atoms with Gasteiger partial charge < -0.3 is 15.4 Å². The predicted octanol–water partition coefficient (Wildman–Crippen LogP) is 0.909. The molecule has 1 fully saturated rings. The van der Waals surface area contributed by atoms with Gasteiger partial charge in [0, 0.05) is 24.7 Å². The molecule has 1 aromatic rings. The van der Waals surface area contributed by atoms with Gasteiger partial charge in [0.25, 0.3) is 0 Å². The molecule has 1 atom stereocenters. The predicted molar refractivity (Wildman–Crippen MR) is 62.7 cm³/mol. The van der Waals surface area contributed by atoms with Crippen LogP contribution in [0.5, 0.6) is 5.75 Å². The molecule has 6 heteroatoms. The van der Waals surface area contributed by atoms with Gasteiger partial charge in [-0.15, -0.1) is 0 Å². The van der Waals surface area contributed by atoms with Gasteiger partial charge in [-0.3, -0.25) is 9.59 Å². The van der Waals surface area contributed by atoms with Gasteiger partial charge in [0.05, 0.1) is 13.0 Å². The number of halogens is 1. The summed E-state index contributed by atoms with van der Waals surface area (Å²) in [5.41, 5.74) is 0.442. The Hall–Kier alpha value is -2.11. The third kappa shape index (κ3) is 2.58. The smallest absolute Gasteiger partial charge is 0.229 e. The number of rotatable bonds is 3. The maximum atomic E-state index is 13.2. The molecule has 5 nitrogen and oxygen atoms in total. The van der Waals surface area contributed by atoms with Gasteiger partial charge in [0.1, 0.15) is 0 Å². The van der Waals surface area contributed by atoms with Crippen LogP contribution in [-0.4, -0.2) is 25.5 Å². The average Bonchev–Trinajstić information content (AvgIpc) is 2.78. The van der Waals surface area contributed by atoms with Crippen LogP contribution in [0.15, 0.2) is 18.2 Å². The Balaban J connectivity index is 2.05. The highest BCUT2D eigenvalue weighted by atomic mass is 19.1. The van der Waals surface area contributed by atoms with Crippen molar-refractivity contribution >= 4 is 17.5 Å². The van der Waals surface area contributed by atoms with Gasteiger partial charge >= 0.3 is 0 Å². The molecule has 0 saturated carbocycles. The fraction of sp³-hybridized carbons (Fsp3) is 0.333. The lowest BCUT2D eigenvalue weighted by atomic mass is 10.1. The van der Waals surface area contributed by atoms with Crippen molar-refractivity contribution in [2.75, 3.05) is 19.0 Å². The number of amides is 2. The molecule has 1 aliphatic heterocycles. The third-order valence-electron chi connectivity index (χ3n) is 2.77. The first-order valence-electron chi connectivity index (χ1n) is 5.51. The van der Waals surface area contributed by atoms with Crippen LogP contribution < -0.4 is 15.4 Å². The number of hydrogen-bond donors (Lipinski definition) is 2. The normalized spacial score (nSPS) is 18.3. The van der Waals surface area contributed by atoms with Crippen LogP contribution in [0.1, 0.15) is 6.42 Å². The van der Waals surface area contributed by atoms with E-state index in [9.17, 15) is 14.0 Å². The molecule has 0 aromatic heterocycles. The minimum Gasteiger partial charge on any atom is -0.494 e. The molecule has 1 aromatic carbocycles. The van der Waals surface area contributed by atoms with Crippen molar-refractivity contribution in [2.24, 2.45) is 5.92 Å². The third-order valence-corrected chi connectivity index (χ3v) is 2.77. The summed E-state index contributed by atoms with van der Waals surface area (Å²) in [5.74, 6) is -1.20. The summed E-state index contributed by atoms with van der Waals surface area (Å²) < 4.78 is 18.0. The lowest BCUT2D eigenvalue weighted by Gasteiger charge is -2.10. The van der Waals surface area contributed by atoms with Gasteiger partial charge in [-0.2, -0.15) is 0 Å². The van der Waals surface area contributed by atoms with Crippen LogP contribution >= 0.6 is 0 Å². The molecule has 1 unspecified atom stereocenters. The summed E-state index contributed by atoms with van der Waals surface area (Å²) in [5, 5.41) is 5.21. The second kappa shape index (κ2) is 5.03. The molecule has 0 bridgehead atoms. The second-order valence-electron chi connectivity index (χ2n) is 4.04. The number of nitrogens with one attached hydrogen (secondary N) is 2. The summed E-state index contributed by atoms with van der Waals surface area (Å²) in [7, 11) is 1.35. The molecule has 2 amide bonds. The molecule has 0 radical (unpaired) electrons. The van der Waals surface area contributed by atoms with Crippen molar-refractivity contribution in [2.45, 2.75) is 6.42 Å². The van der Waals surface area contributed by atoms with E-state index in [1.165, 1.54) is 25.3 Å². The Morgan fingerprint density at radius 2 is 2.33 bits per heavy atom. The number of hydrogen-bond acceptors (Lipinski definition) is 3. The van der Waals surface area contributed by atoms with Gasteiger partial charge in [0.15, 0.2) is 11.6 Å². The molecule has 0 aliphatic carbocycles. The topological polar surface area (TPSA) is 67.4 Å². The fourth-order valence-corrected chi connectivity index (χ4v) is 1.77. The van der Waals surface area contributed by atoms with Crippen molar-refractivity contribution in [1.82, 2.24) is 5.32 Å². The highest BCUT2D eigenvalue weighted by molar-refractivity contribution is 5.97. The van der Waals surface area contributed by atoms with E-state index >= 15 is 0 Å². The minimum absolute atomic E-state index is 0.0634. The van der Waals surface area contributed by atoms with Gasteiger partial charge in [-0.1, -0.05) is 0 Å². The zero-order valence-electron chi connectivity index (χ0n) is 9.83. The summed E-state index contributed by atoms with van der Waals surface area (Å²) in [4.78, 5) is 22.8. The standard InChI is InChI=1S/C12H13FN2O3/c1-18-10-5-8(2-3-9(10)13)15-12(17)7-4-11(16)14-6-7/h2-3,5,7H,4,6H2,1H3,(H,14,16)(H,15,17). The van der Waals surface area contributed by atoms with E-state index in [1.807, 2.05) is 0 Å². The molecule has 1 aliphatic rings. The van der Waals surface area contributed by atoms with Gasteiger partial charge in [-0.05, 0) is 12.1 Å². The zero-order chi connectivity index (χ0) is 13.1. The van der Waals surface area contributed by atoms with Crippen molar-refractivity contribution in [3.63, 3.8) is 0 Å². The van der Waals surface area contributed by atoms with Crippen LogP contribution in [0.3, 0.4) is 0 Å². The second-order valence-corrected chi connectivity index (χ2v) is 4.04. The lowest BCUT2D eigenvalue weighted by Crippen LogP contribution is -2.24. The molecule has 96 valence electrons. The number of carbonyl (C=O) groups excluding carboxylic acids is 2. The number of ether oxygens (including phenoxy) is 1. The molecule has 18 heavy (non-hydrogen) atoms. The Kier molecular flexibility index (Phi) is 3.45. The van der Waals surface area contributed by atoms with Crippen molar-refractivity contribution in [3.05, 3.63) is 24.0 Å². The number of methoxy groups -OCH3 is 1.